The zero-order valence-electron chi connectivity index (χ0n) is 15.5. The van der Waals surface area contributed by atoms with Crippen LogP contribution in [0.4, 0.5) is 11.4 Å². The Hall–Kier alpha value is -3.52. The zero-order valence-corrected chi connectivity index (χ0v) is 16.3. The number of rotatable bonds is 5. The first kappa shape index (κ1) is 18.8. The number of aryl methyl sites for hydroxylation is 1. The van der Waals surface area contributed by atoms with Crippen LogP contribution in [0.1, 0.15) is 15.9 Å². The van der Waals surface area contributed by atoms with Gasteiger partial charge < -0.3 is 14.8 Å². The number of carbonyl (C=O) groups excluding carboxylic acids is 1. The van der Waals surface area contributed by atoms with Crippen molar-refractivity contribution in [3.05, 3.63) is 77.9 Å². The second-order valence-electron chi connectivity index (χ2n) is 6.44. The number of amides is 1. The summed E-state index contributed by atoms with van der Waals surface area (Å²) in [6.45, 7) is 1.85. The van der Waals surface area contributed by atoms with Gasteiger partial charge in [-0.1, -0.05) is 30.3 Å². The molecule has 0 spiro atoms. The molecular formula is C21H18N2O5S. The van der Waals surface area contributed by atoms with E-state index in [9.17, 15) is 13.2 Å². The Labute approximate surface area is 168 Å². The average Bonchev–Trinajstić information content (AvgIpc) is 3.20. The fourth-order valence-electron chi connectivity index (χ4n) is 2.92. The first-order valence-electron chi connectivity index (χ1n) is 8.82. The number of ether oxygens (including phenoxy) is 2. The first-order valence-corrected chi connectivity index (χ1v) is 10.3. The molecule has 29 heavy (non-hydrogen) atoms. The number of hydrogen-bond donors (Lipinski definition) is 2. The summed E-state index contributed by atoms with van der Waals surface area (Å²) in [6.07, 6.45) is 0. The van der Waals surface area contributed by atoms with Crippen molar-refractivity contribution in [1.29, 1.82) is 0 Å². The number of carbonyl (C=O) groups is 1. The number of benzene rings is 3. The predicted molar refractivity (Wildman–Crippen MR) is 109 cm³/mol. The van der Waals surface area contributed by atoms with Gasteiger partial charge in [0.05, 0.1) is 16.1 Å². The van der Waals surface area contributed by atoms with Gasteiger partial charge in [0.2, 0.25) is 6.79 Å². The number of hydrogen-bond acceptors (Lipinski definition) is 5. The molecule has 148 valence electrons. The molecule has 0 aromatic heterocycles. The second kappa shape index (κ2) is 7.48. The quantitative estimate of drug-likeness (QED) is 0.668. The van der Waals surface area contributed by atoms with Crippen LogP contribution in [-0.4, -0.2) is 21.1 Å². The van der Waals surface area contributed by atoms with Crippen LogP contribution >= 0.6 is 0 Å². The highest BCUT2D eigenvalue weighted by atomic mass is 32.2. The molecule has 0 radical (unpaired) electrons. The molecule has 0 aliphatic carbocycles. The van der Waals surface area contributed by atoms with Crippen LogP contribution in [0.3, 0.4) is 0 Å². The monoisotopic (exact) mass is 410 g/mol. The van der Waals surface area contributed by atoms with Crippen LogP contribution in [0.5, 0.6) is 11.5 Å². The van der Waals surface area contributed by atoms with Gasteiger partial charge >= 0.3 is 0 Å². The SMILES string of the molecule is Cc1ccc(NC(=O)c2cccc3c2OCO3)cc1NS(=O)(=O)c1ccccc1. The van der Waals surface area contributed by atoms with Gasteiger partial charge in [-0.05, 0) is 48.9 Å². The molecule has 0 bridgehead atoms. The van der Waals surface area contributed by atoms with E-state index in [-0.39, 0.29) is 17.6 Å². The van der Waals surface area contributed by atoms with Crippen LogP contribution in [-0.2, 0) is 10.0 Å². The van der Waals surface area contributed by atoms with Gasteiger partial charge in [-0.3, -0.25) is 9.52 Å². The summed E-state index contributed by atoms with van der Waals surface area (Å²) in [5, 5.41) is 2.77. The van der Waals surface area contributed by atoms with Crippen molar-refractivity contribution in [2.24, 2.45) is 0 Å². The van der Waals surface area contributed by atoms with Crippen molar-refractivity contribution in [2.45, 2.75) is 11.8 Å². The largest absolute Gasteiger partial charge is 0.454 e. The maximum absolute atomic E-state index is 12.7. The van der Waals surface area contributed by atoms with E-state index < -0.39 is 10.0 Å². The highest BCUT2D eigenvalue weighted by molar-refractivity contribution is 7.92. The lowest BCUT2D eigenvalue weighted by Gasteiger charge is -2.13. The van der Waals surface area contributed by atoms with Crippen molar-refractivity contribution < 1.29 is 22.7 Å². The molecule has 1 aliphatic heterocycles. The molecule has 0 unspecified atom stereocenters. The third kappa shape index (κ3) is 3.88. The van der Waals surface area contributed by atoms with E-state index in [2.05, 4.69) is 10.0 Å². The van der Waals surface area contributed by atoms with E-state index in [1.54, 1.807) is 61.5 Å². The minimum absolute atomic E-state index is 0.0651. The minimum Gasteiger partial charge on any atom is -0.454 e. The van der Waals surface area contributed by atoms with Gasteiger partial charge in [-0.15, -0.1) is 0 Å². The zero-order chi connectivity index (χ0) is 20.4. The average molecular weight is 410 g/mol. The van der Waals surface area contributed by atoms with E-state index in [0.717, 1.165) is 5.56 Å². The molecular weight excluding hydrogens is 392 g/mol. The summed E-state index contributed by atoms with van der Waals surface area (Å²) in [6, 6.07) is 18.2. The Bertz CT molecular complexity index is 1180. The fraction of sp³-hybridized carbons (Fsp3) is 0.0952. The Morgan fingerprint density at radius 2 is 1.76 bits per heavy atom. The topological polar surface area (TPSA) is 93.7 Å². The van der Waals surface area contributed by atoms with E-state index in [4.69, 9.17) is 9.47 Å². The standard InChI is InChI=1S/C21H18N2O5S/c1-14-10-11-15(12-18(14)23-29(25,26)16-6-3-2-4-7-16)22-21(24)17-8-5-9-19-20(17)28-13-27-19/h2-12,23H,13H2,1H3,(H,22,24). The minimum atomic E-state index is -3.74. The van der Waals surface area contributed by atoms with Crippen LogP contribution in [0.15, 0.2) is 71.6 Å². The molecule has 0 saturated carbocycles. The molecule has 0 saturated heterocycles. The molecule has 3 aromatic rings. The lowest BCUT2D eigenvalue weighted by Crippen LogP contribution is -2.15. The number of para-hydroxylation sites is 1. The molecule has 0 fully saturated rings. The van der Waals surface area contributed by atoms with Crippen LogP contribution in [0.25, 0.3) is 0 Å². The van der Waals surface area contributed by atoms with Gasteiger partial charge in [0.1, 0.15) is 0 Å². The molecule has 1 aliphatic rings. The Morgan fingerprint density at radius 1 is 0.966 bits per heavy atom. The lowest BCUT2D eigenvalue weighted by molar-refractivity contribution is 0.102. The van der Waals surface area contributed by atoms with Crippen LogP contribution in [0.2, 0.25) is 0 Å². The second-order valence-corrected chi connectivity index (χ2v) is 8.12. The van der Waals surface area contributed by atoms with Crippen molar-refractivity contribution in [2.75, 3.05) is 16.8 Å². The molecule has 3 aromatic carbocycles. The van der Waals surface area contributed by atoms with E-state index in [1.165, 1.54) is 12.1 Å². The lowest BCUT2D eigenvalue weighted by atomic mass is 10.1. The summed E-state index contributed by atoms with van der Waals surface area (Å²) in [4.78, 5) is 12.8. The summed E-state index contributed by atoms with van der Waals surface area (Å²) in [5.74, 6) is 0.521. The smallest absolute Gasteiger partial charge is 0.261 e. The third-order valence-electron chi connectivity index (χ3n) is 4.43. The Morgan fingerprint density at radius 3 is 2.55 bits per heavy atom. The van der Waals surface area contributed by atoms with E-state index in [0.29, 0.717) is 28.4 Å². The van der Waals surface area contributed by atoms with Crippen molar-refractivity contribution in [3.63, 3.8) is 0 Å². The predicted octanol–water partition coefficient (Wildman–Crippen LogP) is 3.78. The maximum Gasteiger partial charge on any atom is 0.261 e. The van der Waals surface area contributed by atoms with E-state index in [1.807, 2.05) is 0 Å². The number of sulfonamides is 1. The number of fused-ring (bicyclic) bond motifs is 1. The Balaban J connectivity index is 1.58. The third-order valence-corrected chi connectivity index (χ3v) is 5.82. The summed E-state index contributed by atoms with van der Waals surface area (Å²) in [5.41, 5.74) is 1.89. The first-order chi connectivity index (χ1) is 13.9. The molecule has 4 rings (SSSR count). The highest BCUT2D eigenvalue weighted by Crippen LogP contribution is 2.35. The van der Waals surface area contributed by atoms with Crippen LogP contribution in [0, 0.1) is 6.92 Å². The fourth-order valence-corrected chi connectivity index (χ4v) is 4.06. The summed E-state index contributed by atoms with van der Waals surface area (Å²) >= 11 is 0. The molecule has 7 nitrogen and oxygen atoms in total. The van der Waals surface area contributed by atoms with Gasteiger partial charge in [-0.25, -0.2) is 8.42 Å². The summed E-state index contributed by atoms with van der Waals surface area (Å²) in [7, 11) is -3.74. The van der Waals surface area contributed by atoms with Gasteiger partial charge in [0.15, 0.2) is 11.5 Å². The molecule has 1 heterocycles. The molecule has 1 amide bonds. The van der Waals surface area contributed by atoms with Gasteiger partial charge in [0, 0.05) is 5.69 Å². The van der Waals surface area contributed by atoms with Gasteiger partial charge in [-0.2, -0.15) is 0 Å². The van der Waals surface area contributed by atoms with E-state index >= 15 is 0 Å². The van der Waals surface area contributed by atoms with Gasteiger partial charge in [0.25, 0.3) is 15.9 Å². The van der Waals surface area contributed by atoms with Crippen molar-refractivity contribution in [3.8, 4) is 11.5 Å². The normalized spacial score (nSPS) is 12.4. The van der Waals surface area contributed by atoms with Crippen molar-refractivity contribution >= 4 is 27.3 Å². The maximum atomic E-state index is 12.7. The number of nitrogens with one attached hydrogen (secondary N) is 2. The van der Waals surface area contributed by atoms with Crippen LogP contribution < -0.4 is 19.5 Å². The molecule has 0 atom stereocenters. The Kier molecular flexibility index (Phi) is 4.85. The highest BCUT2D eigenvalue weighted by Gasteiger charge is 2.22. The van der Waals surface area contributed by atoms with Crippen molar-refractivity contribution in [1.82, 2.24) is 0 Å². The summed E-state index contributed by atoms with van der Waals surface area (Å²) < 4.78 is 38.5. The molecule has 2 N–H and O–H groups in total. The molecule has 8 heteroatoms. The number of anilines is 2.